The van der Waals surface area contributed by atoms with E-state index in [1.165, 1.54) is 0 Å². The van der Waals surface area contributed by atoms with Gasteiger partial charge in [0, 0.05) is 20.4 Å². The summed E-state index contributed by atoms with van der Waals surface area (Å²) < 4.78 is 62.1. The number of ether oxygens (including phenoxy) is 1. The summed E-state index contributed by atoms with van der Waals surface area (Å²) in [6, 6.07) is 0. The fraction of sp³-hybridized carbons (Fsp3) is 0.833. The number of alkyl halides is 1. The van der Waals surface area contributed by atoms with Crippen molar-refractivity contribution in [2.75, 3.05) is 11.8 Å². The molecule has 0 fully saturated rings. The molecule has 0 radical (unpaired) electrons. The number of carbonyl (C=O) groups is 1. The lowest BCUT2D eigenvalue weighted by atomic mass is 10.4. The highest BCUT2D eigenvalue weighted by Crippen LogP contribution is 1.93. The Balaban J connectivity index is 5.47. The predicted molar refractivity (Wildman–Crippen MR) is 39.7 cm³/mol. The number of rotatable bonds is 4. The van der Waals surface area contributed by atoms with Gasteiger partial charge in [0.2, 0.25) is 0 Å². The molecular formula is C6H11BrO2. The van der Waals surface area contributed by atoms with Crippen LogP contribution >= 0.6 is 15.9 Å². The Morgan fingerprint density at radius 3 is 2.89 bits per heavy atom. The van der Waals surface area contributed by atoms with Crippen LogP contribution in [0.15, 0.2) is 0 Å². The molecule has 0 spiro atoms. The summed E-state index contributed by atoms with van der Waals surface area (Å²) in [6.45, 7) is -2.46. The molecule has 0 aromatic heterocycles. The predicted octanol–water partition coefficient (Wildman–Crippen LogP) is 1.72. The second-order valence-electron chi connectivity index (χ2n) is 1.04. The second-order valence-corrected chi connectivity index (χ2v) is 1.44. The first-order valence-corrected chi connectivity index (χ1v) is 2.84. The van der Waals surface area contributed by atoms with Crippen LogP contribution in [0, 0.1) is 0 Å². The number of hydrogen-bond donors (Lipinski definition) is 0. The van der Waals surface area contributed by atoms with Crippen LogP contribution in [0.3, 0.4) is 0 Å². The topological polar surface area (TPSA) is 26.3 Å². The van der Waals surface area contributed by atoms with Crippen LogP contribution in [0.1, 0.15) is 30.6 Å². The van der Waals surface area contributed by atoms with Gasteiger partial charge in [0.15, 0.2) is 0 Å². The van der Waals surface area contributed by atoms with Gasteiger partial charge in [0.05, 0.1) is 9.30 Å². The summed E-state index contributed by atoms with van der Waals surface area (Å²) >= 11 is 2.31. The molecular weight excluding hydrogens is 184 g/mol. The van der Waals surface area contributed by atoms with Gasteiger partial charge in [0.1, 0.15) is 0 Å². The molecule has 0 amide bonds. The summed E-state index contributed by atoms with van der Waals surface area (Å²) in [5.41, 5.74) is 0. The lowest BCUT2D eigenvalue weighted by Crippen LogP contribution is -2.00. The van der Waals surface area contributed by atoms with Crippen LogP contribution < -0.4 is 0 Å². The fourth-order valence-corrected chi connectivity index (χ4v) is 0.246. The van der Waals surface area contributed by atoms with Gasteiger partial charge in [-0.2, -0.15) is 0 Å². The molecule has 0 aliphatic rings. The molecule has 3 heteroatoms. The molecule has 54 valence electrons. The minimum atomic E-state index is -3.39. The average molecular weight is 203 g/mol. The van der Waals surface area contributed by atoms with Crippen LogP contribution in [0.4, 0.5) is 0 Å². The van der Waals surface area contributed by atoms with E-state index >= 15 is 0 Å². The maximum absolute atomic E-state index is 10.6. The Morgan fingerprint density at radius 2 is 2.44 bits per heavy atom. The second kappa shape index (κ2) is 6.08. The summed E-state index contributed by atoms with van der Waals surface area (Å²) in [7, 11) is 0. The lowest BCUT2D eigenvalue weighted by Gasteiger charge is -1.97. The summed E-state index contributed by atoms with van der Waals surface area (Å²) in [5, 5.41) is -2.84. The first kappa shape index (κ1) is 2.22. The van der Waals surface area contributed by atoms with E-state index < -0.39 is 30.6 Å². The molecule has 0 N–H and O–H groups in total. The molecule has 0 unspecified atom stereocenters. The summed E-state index contributed by atoms with van der Waals surface area (Å²) in [4.78, 5) is 10.6. The highest BCUT2D eigenvalue weighted by Gasteiger charge is 1.90. The third-order valence-electron chi connectivity index (χ3n) is 0.356. The molecule has 0 aromatic carbocycles. The highest BCUT2D eigenvalue weighted by atomic mass is 79.9. The van der Waals surface area contributed by atoms with Crippen molar-refractivity contribution < 1.29 is 20.5 Å². The van der Waals surface area contributed by atoms with Gasteiger partial charge in [-0.05, 0) is 12.7 Å². The highest BCUT2D eigenvalue weighted by molar-refractivity contribution is 9.09. The monoisotopic (exact) mass is 202 g/mol. The molecule has 0 heterocycles. The van der Waals surface area contributed by atoms with E-state index in [1.54, 1.807) is 0 Å². The SMILES string of the molecule is [2H]C([2H])(Br)C([2H])([2H])C([2H])([2H])C([2H])([2H])OC(C)=O. The van der Waals surface area contributed by atoms with E-state index in [2.05, 4.69) is 20.7 Å². The Kier molecular flexibility index (Phi) is 1.50. The van der Waals surface area contributed by atoms with E-state index in [1.807, 2.05) is 0 Å². The first-order valence-electron chi connectivity index (χ1n) is 6.05. The zero-order valence-electron chi connectivity index (χ0n) is 12.7. The van der Waals surface area contributed by atoms with Crippen LogP contribution in [0.2, 0.25) is 0 Å². The smallest absolute Gasteiger partial charge is 0.302 e. The van der Waals surface area contributed by atoms with Gasteiger partial charge in [0.25, 0.3) is 0 Å². The van der Waals surface area contributed by atoms with Gasteiger partial charge in [-0.15, -0.1) is 0 Å². The Morgan fingerprint density at radius 1 is 1.78 bits per heavy atom. The Labute approximate surface area is 74.9 Å². The van der Waals surface area contributed by atoms with Crippen molar-refractivity contribution in [2.45, 2.75) is 19.7 Å². The standard InChI is InChI=1S/C6H11BrO2/c1-6(8)9-5-3-2-4-7/h2-5H2,1H3/i2D2,3D2,4D2,5D2. The number of halogens is 1. The van der Waals surface area contributed by atoms with Gasteiger partial charge >= 0.3 is 5.97 Å². The van der Waals surface area contributed by atoms with Crippen molar-refractivity contribution in [1.82, 2.24) is 0 Å². The van der Waals surface area contributed by atoms with Crippen molar-refractivity contribution in [3.63, 3.8) is 0 Å². The van der Waals surface area contributed by atoms with Gasteiger partial charge in [-0.1, -0.05) is 15.9 Å². The minimum Gasteiger partial charge on any atom is -0.466 e. The third-order valence-corrected chi connectivity index (χ3v) is 0.554. The molecule has 0 aliphatic carbocycles. The van der Waals surface area contributed by atoms with Crippen molar-refractivity contribution in [2.24, 2.45) is 0 Å². The Bertz CT molecular complexity index is 310. The molecule has 0 atom stereocenters. The molecule has 2 nitrogen and oxygen atoms in total. The van der Waals surface area contributed by atoms with Crippen LogP contribution in [-0.4, -0.2) is 17.8 Å². The molecule has 0 bridgehead atoms. The largest absolute Gasteiger partial charge is 0.466 e. The van der Waals surface area contributed by atoms with E-state index in [4.69, 9.17) is 11.0 Å². The third kappa shape index (κ3) is 7.95. The van der Waals surface area contributed by atoms with E-state index in [9.17, 15) is 4.79 Å². The molecule has 0 rings (SSSR count). The maximum Gasteiger partial charge on any atom is 0.302 e. The van der Waals surface area contributed by atoms with E-state index in [-0.39, 0.29) is 0 Å². The zero-order valence-corrected chi connectivity index (χ0v) is 6.28. The lowest BCUT2D eigenvalue weighted by molar-refractivity contribution is -0.141. The summed E-state index contributed by atoms with van der Waals surface area (Å²) in [6.07, 6.45) is -6.66. The van der Waals surface area contributed by atoms with Crippen molar-refractivity contribution >= 4 is 21.9 Å². The number of esters is 1. The first-order chi connectivity index (χ1) is 7.17. The van der Waals surface area contributed by atoms with Crippen LogP contribution in [-0.2, 0) is 9.53 Å². The van der Waals surface area contributed by atoms with Crippen molar-refractivity contribution in [1.29, 1.82) is 0 Å². The molecule has 9 heavy (non-hydrogen) atoms. The average Bonchev–Trinajstić information content (AvgIpc) is 1.98. The summed E-state index contributed by atoms with van der Waals surface area (Å²) in [5.74, 6) is -1.13. The fourth-order valence-electron chi connectivity index (χ4n) is 0.147. The van der Waals surface area contributed by atoms with Crippen LogP contribution in [0.5, 0.6) is 0 Å². The maximum atomic E-state index is 10.6. The van der Waals surface area contributed by atoms with Gasteiger partial charge in [-0.25, -0.2) is 0 Å². The molecule has 0 aromatic rings. The zero-order chi connectivity index (χ0) is 14.3. The quantitative estimate of drug-likeness (QED) is 0.513. The van der Waals surface area contributed by atoms with Gasteiger partial charge < -0.3 is 4.74 Å². The van der Waals surface area contributed by atoms with E-state index in [0.717, 1.165) is 6.92 Å². The molecule has 0 saturated carbocycles. The number of carbonyl (C=O) groups excluding carboxylic acids is 1. The Hall–Kier alpha value is -0.0500. The van der Waals surface area contributed by atoms with Gasteiger partial charge in [-0.3, -0.25) is 4.79 Å². The van der Waals surface area contributed by atoms with E-state index in [0.29, 0.717) is 0 Å². The molecule has 0 saturated heterocycles. The molecule has 0 aliphatic heterocycles. The normalized spacial score (nSPS) is 28.7. The van der Waals surface area contributed by atoms with Crippen molar-refractivity contribution in [3.8, 4) is 0 Å². The van der Waals surface area contributed by atoms with Crippen molar-refractivity contribution in [3.05, 3.63) is 0 Å². The number of hydrogen-bond acceptors (Lipinski definition) is 2. The van der Waals surface area contributed by atoms with Crippen LogP contribution in [0.25, 0.3) is 0 Å². The minimum absolute atomic E-state index is 0.840.